The van der Waals surface area contributed by atoms with Crippen LogP contribution in [0.25, 0.3) is 0 Å². The van der Waals surface area contributed by atoms with Crippen molar-refractivity contribution in [1.29, 1.82) is 0 Å². The van der Waals surface area contributed by atoms with Crippen molar-refractivity contribution in [2.24, 2.45) is 0 Å². The van der Waals surface area contributed by atoms with E-state index in [0.29, 0.717) is 28.6 Å². The number of methoxy groups -OCH3 is 2. The van der Waals surface area contributed by atoms with E-state index in [2.05, 4.69) is 4.98 Å². The Hall–Kier alpha value is -3.33. The summed E-state index contributed by atoms with van der Waals surface area (Å²) in [5.74, 6) is -0.322. The van der Waals surface area contributed by atoms with Gasteiger partial charge in [0.05, 0.1) is 20.8 Å². The number of thiazole rings is 1. The van der Waals surface area contributed by atoms with Crippen molar-refractivity contribution in [1.82, 2.24) is 9.88 Å². The molecular formula is C24H25BN2O5S. The summed E-state index contributed by atoms with van der Waals surface area (Å²) in [7, 11) is 8.89. The molecule has 2 radical (unpaired) electrons. The van der Waals surface area contributed by atoms with Crippen LogP contribution in [-0.4, -0.2) is 55.5 Å². The highest BCUT2D eigenvalue weighted by atomic mass is 32.1. The summed E-state index contributed by atoms with van der Waals surface area (Å²) >= 11 is 1.07. The zero-order chi connectivity index (χ0) is 24.0. The first-order valence-corrected chi connectivity index (χ1v) is 11.2. The van der Waals surface area contributed by atoms with Crippen molar-refractivity contribution in [3.8, 4) is 11.5 Å². The lowest BCUT2D eigenvalue weighted by atomic mass is 10.1. The lowest BCUT2D eigenvalue weighted by Gasteiger charge is -2.23. The first-order chi connectivity index (χ1) is 15.8. The van der Waals surface area contributed by atoms with Crippen LogP contribution in [0.4, 0.5) is 0 Å². The van der Waals surface area contributed by atoms with E-state index in [-0.39, 0.29) is 22.9 Å². The Kier molecular flexibility index (Phi) is 8.11. The molecule has 9 heteroatoms. The number of carboxylic acids is 1. The Labute approximate surface area is 198 Å². The minimum atomic E-state index is -1.19. The Bertz CT molecular complexity index is 1110. The molecule has 1 N–H and O–H groups in total. The molecular weight excluding hydrogens is 439 g/mol. The summed E-state index contributed by atoms with van der Waals surface area (Å²) in [4.78, 5) is 30.6. The molecule has 0 spiro atoms. The predicted octanol–water partition coefficient (Wildman–Crippen LogP) is 3.24. The maximum Gasteiger partial charge on any atom is 0.354 e. The molecule has 0 aliphatic rings. The molecule has 1 amide bonds. The van der Waals surface area contributed by atoms with Gasteiger partial charge < -0.3 is 19.5 Å². The lowest BCUT2D eigenvalue weighted by Crippen LogP contribution is -2.32. The summed E-state index contributed by atoms with van der Waals surface area (Å²) in [5, 5.41) is 9.73. The number of aromatic carboxylic acids is 1. The van der Waals surface area contributed by atoms with Gasteiger partial charge in [0.1, 0.15) is 24.4 Å². The highest BCUT2D eigenvalue weighted by Gasteiger charge is 2.22. The number of carbonyl (C=O) groups is 2. The smallest absolute Gasteiger partial charge is 0.354 e. The minimum Gasteiger partial charge on any atom is -0.496 e. The van der Waals surface area contributed by atoms with Crippen LogP contribution in [0.2, 0.25) is 0 Å². The molecule has 0 fully saturated rings. The Morgan fingerprint density at radius 2 is 1.76 bits per heavy atom. The van der Waals surface area contributed by atoms with Crippen molar-refractivity contribution in [2.75, 3.05) is 20.8 Å². The zero-order valence-corrected chi connectivity index (χ0v) is 19.6. The van der Waals surface area contributed by atoms with Crippen molar-refractivity contribution >= 4 is 35.8 Å². The van der Waals surface area contributed by atoms with Crippen molar-refractivity contribution in [3.63, 3.8) is 0 Å². The molecule has 0 aliphatic carbocycles. The standard InChI is InChI=1S/C24H25BN2O5S/c1-15-18(31-2)12-17(13-19(15)32-3)23(28)27(11-7-10-16-8-5-4-6-9-16)14-20-26-21(24(29)30)22(25)33-20/h4-6,8-9,12-13H,7,10-11,14H2,1-3H3,(H,29,30). The highest BCUT2D eigenvalue weighted by Crippen LogP contribution is 2.30. The number of aryl methyl sites for hydroxylation is 1. The molecule has 33 heavy (non-hydrogen) atoms. The molecule has 0 bridgehead atoms. The van der Waals surface area contributed by atoms with Crippen LogP contribution in [0.1, 0.15) is 43.4 Å². The molecule has 2 aromatic carbocycles. The Balaban J connectivity index is 1.87. The van der Waals surface area contributed by atoms with E-state index in [1.807, 2.05) is 37.3 Å². The van der Waals surface area contributed by atoms with Gasteiger partial charge in [-0.15, -0.1) is 11.3 Å². The number of benzene rings is 2. The van der Waals surface area contributed by atoms with E-state index >= 15 is 0 Å². The van der Waals surface area contributed by atoms with Crippen molar-refractivity contribution in [2.45, 2.75) is 26.3 Å². The number of hydrogen-bond acceptors (Lipinski definition) is 6. The van der Waals surface area contributed by atoms with Gasteiger partial charge in [0.25, 0.3) is 5.91 Å². The fourth-order valence-corrected chi connectivity index (χ4v) is 4.37. The van der Waals surface area contributed by atoms with Crippen LogP contribution < -0.4 is 14.3 Å². The summed E-state index contributed by atoms with van der Waals surface area (Å²) in [6, 6.07) is 13.4. The summed E-state index contributed by atoms with van der Waals surface area (Å²) < 4.78 is 11.0. The molecule has 170 valence electrons. The van der Waals surface area contributed by atoms with Crippen LogP contribution in [0.3, 0.4) is 0 Å². The Morgan fingerprint density at radius 3 is 2.30 bits per heavy atom. The SMILES string of the molecule is [B]c1sc(CN(CCCc2ccccc2)C(=O)c2cc(OC)c(C)c(OC)c2)nc1C(=O)O. The molecule has 0 saturated heterocycles. The summed E-state index contributed by atoms with van der Waals surface area (Å²) in [6.07, 6.45) is 1.52. The minimum absolute atomic E-state index is 0.118. The fraction of sp³-hybridized carbons (Fsp3) is 0.292. The van der Waals surface area contributed by atoms with E-state index < -0.39 is 5.97 Å². The van der Waals surface area contributed by atoms with Crippen LogP contribution in [-0.2, 0) is 13.0 Å². The molecule has 3 aromatic rings. The molecule has 0 atom stereocenters. The van der Waals surface area contributed by atoms with E-state index in [0.717, 1.165) is 29.7 Å². The zero-order valence-electron chi connectivity index (χ0n) is 18.8. The van der Waals surface area contributed by atoms with E-state index in [1.165, 1.54) is 5.56 Å². The Morgan fingerprint density at radius 1 is 1.12 bits per heavy atom. The number of amides is 1. The van der Waals surface area contributed by atoms with E-state index in [9.17, 15) is 14.7 Å². The largest absolute Gasteiger partial charge is 0.496 e. The third-order valence-corrected chi connectivity index (χ3v) is 6.12. The first-order valence-electron chi connectivity index (χ1n) is 10.4. The number of nitrogens with zero attached hydrogens (tertiary/aromatic N) is 2. The van der Waals surface area contributed by atoms with Gasteiger partial charge in [-0.25, -0.2) is 9.78 Å². The second-order valence-corrected chi connectivity index (χ2v) is 8.56. The number of aromatic nitrogens is 1. The molecule has 1 heterocycles. The maximum absolute atomic E-state index is 13.5. The monoisotopic (exact) mass is 464 g/mol. The molecule has 0 unspecified atom stereocenters. The van der Waals surface area contributed by atoms with Gasteiger partial charge in [0.2, 0.25) is 0 Å². The molecule has 3 rings (SSSR count). The van der Waals surface area contributed by atoms with Crippen molar-refractivity contribution < 1.29 is 24.2 Å². The second kappa shape index (κ2) is 11.0. The summed E-state index contributed by atoms with van der Waals surface area (Å²) in [5.41, 5.74) is 2.20. The van der Waals surface area contributed by atoms with Gasteiger partial charge in [0.15, 0.2) is 5.69 Å². The maximum atomic E-state index is 13.5. The number of carboxylic acid groups (broad SMARTS) is 1. The molecule has 1 aromatic heterocycles. The van der Waals surface area contributed by atoms with Crippen molar-refractivity contribution in [3.05, 3.63) is 69.9 Å². The van der Waals surface area contributed by atoms with Crippen LogP contribution in [0.15, 0.2) is 42.5 Å². The summed E-state index contributed by atoms with van der Waals surface area (Å²) in [6.45, 7) is 2.46. The topological polar surface area (TPSA) is 89.0 Å². The normalized spacial score (nSPS) is 10.6. The van der Waals surface area contributed by atoms with Gasteiger partial charge in [-0.1, -0.05) is 30.3 Å². The van der Waals surface area contributed by atoms with Gasteiger partial charge in [-0.05, 0) is 42.2 Å². The van der Waals surface area contributed by atoms with Gasteiger partial charge in [-0.2, -0.15) is 0 Å². The number of hydrogen-bond donors (Lipinski definition) is 1. The highest BCUT2D eigenvalue weighted by molar-refractivity contribution is 7.20. The van der Waals surface area contributed by atoms with Gasteiger partial charge in [-0.3, -0.25) is 4.79 Å². The number of ether oxygens (including phenoxy) is 2. The average molecular weight is 464 g/mol. The predicted molar refractivity (Wildman–Crippen MR) is 128 cm³/mol. The average Bonchev–Trinajstić information content (AvgIpc) is 3.19. The van der Waals surface area contributed by atoms with Crippen LogP contribution in [0, 0.1) is 6.92 Å². The molecule has 7 nitrogen and oxygen atoms in total. The third kappa shape index (κ3) is 5.93. The van der Waals surface area contributed by atoms with Crippen LogP contribution in [0.5, 0.6) is 11.5 Å². The van der Waals surface area contributed by atoms with Crippen LogP contribution >= 0.6 is 11.3 Å². The molecule has 0 aliphatic heterocycles. The van der Waals surface area contributed by atoms with E-state index in [1.54, 1.807) is 31.3 Å². The second-order valence-electron chi connectivity index (χ2n) is 7.45. The van der Waals surface area contributed by atoms with Gasteiger partial charge >= 0.3 is 5.97 Å². The fourth-order valence-electron chi connectivity index (χ4n) is 3.53. The van der Waals surface area contributed by atoms with Gasteiger partial charge in [0, 0.05) is 17.7 Å². The lowest BCUT2D eigenvalue weighted by molar-refractivity contribution is 0.0692. The molecule has 0 saturated carbocycles. The quantitative estimate of drug-likeness (QED) is 0.464. The first kappa shape index (κ1) is 24.3. The van der Waals surface area contributed by atoms with E-state index in [4.69, 9.17) is 17.3 Å². The third-order valence-electron chi connectivity index (χ3n) is 5.25. The number of rotatable bonds is 10. The number of carbonyl (C=O) groups excluding carboxylic acids is 1.